The van der Waals surface area contributed by atoms with Gasteiger partial charge in [0.05, 0.1) is 13.2 Å². The van der Waals surface area contributed by atoms with E-state index in [4.69, 9.17) is 9.47 Å². The first-order chi connectivity index (χ1) is 14.5. The van der Waals surface area contributed by atoms with E-state index in [0.29, 0.717) is 56.4 Å². The summed E-state index contributed by atoms with van der Waals surface area (Å²) in [5.41, 5.74) is 1.09. The molecule has 1 aliphatic carbocycles. The van der Waals surface area contributed by atoms with Gasteiger partial charge >= 0.3 is 0 Å². The highest BCUT2D eigenvalue weighted by molar-refractivity contribution is 5.76. The summed E-state index contributed by atoms with van der Waals surface area (Å²) in [7, 11) is 1.64. The van der Waals surface area contributed by atoms with Crippen molar-refractivity contribution in [3.63, 3.8) is 0 Å². The number of halogens is 1. The normalized spacial score (nSPS) is 25.6. The van der Waals surface area contributed by atoms with Gasteiger partial charge in [-0.3, -0.25) is 4.79 Å². The number of likely N-dealkylation sites (tertiary alicyclic amines) is 1. The molecule has 1 N–H and O–H groups in total. The van der Waals surface area contributed by atoms with Crippen LogP contribution in [0.15, 0.2) is 48.5 Å². The average molecular weight is 413 g/mol. The van der Waals surface area contributed by atoms with Crippen LogP contribution in [0.2, 0.25) is 0 Å². The fourth-order valence-corrected chi connectivity index (χ4v) is 4.65. The van der Waals surface area contributed by atoms with Crippen LogP contribution in [0.1, 0.15) is 24.8 Å². The zero-order valence-corrected chi connectivity index (χ0v) is 17.2. The summed E-state index contributed by atoms with van der Waals surface area (Å²) in [4.78, 5) is 14.7. The molecule has 2 aliphatic rings. The third-order valence-electron chi connectivity index (χ3n) is 6.30. The number of aliphatic hydroxyl groups excluding tert-OH is 1. The zero-order chi connectivity index (χ0) is 21.1. The number of benzene rings is 2. The van der Waals surface area contributed by atoms with E-state index in [-0.39, 0.29) is 17.8 Å². The Labute approximate surface area is 176 Å². The molecule has 4 rings (SSSR count). The second-order valence-electron chi connectivity index (χ2n) is 8.32. The topological polar surface area (TPSA) is 59.0 Å². The average Bonchev–Trinajstić information content (AvgIpc) is 3.17. The lowest BCUT2D eigenvalue weighted by Gasteiger charge is -2.35. The number of hydrogen-bond donors (Lipinski definition) is 1. The van der Waals surface area contributed by atoms with Crippen molar-refractivity contribution in [2.45, 2.75) is 37.9 Å². The Morgan fingerprint density at radius 2 is 1.83 bits per heavy atom. The minimum atomic E-state index is -0.580. The minimum Gasteiger partial charge on any atom is -0.497 e. The highest BCUT2D eigenvalue weighted by Gasteiger charge is 2.43. The van der Waals surface area contributed by atoms with Crippen LogP contribution in [0.5, 0.6) is 11.5 Å². The largest absolute Gasteiger partial charge is 0.497 e. The molecule has 0 bridgehead atoms. The SMILES string of the molecule is COc1cccc(CCC(=O)N2C[C@H]3C[C@@H](Oc4ccc(F)cc4)[C@H](O)C[C@H]3C2)c1. The van der Waals surface area contributed by atoms with Gasteiger partial charge in [0.15, 0.2) is 0 Å². The van der Waals surface area contributed by atoms with Crippen LogP contribution in [-0.2, 0) is 11.2 Å². The van der Waals surface area contributed by atoms with Gasteiger partial charge in [-0.25, -0.2) is 4.39 Å². The Morgan fingerprint density at radius 1 is 1.10 bits per heavy atom. The summed E-state index contributed by atoms with van der Waals surface area (Å²) < 4.78 is 24.3. The molecule has 1 saturated heterocycles. The molecule has 1 aliphatic heterocycles. The van der Waals surface area contributed by atoms with Gasteiger partial charge in [-0.15, -0.1) is 0 Å². The molecular weight excluding hydrogens is 385 g/mol. The molecule has 1 heterocycles. The third-order valence-corrected chi connectivity index (χ3v) is 6.30. The summed E-state index contributed by atoms with van der Waals surface area (Å²) in [6.07, 6.45) is 1.55. The number of fused-ring (bicyclic) bond motifs is 1. The lowest BCUT2D eigenvalue weighted by Crippen LogP contribution is -2.42. The highest BCUT2D eigenvalue weighted by Crippen LogP contribution is 2.38. The standard InChI is InChI=1S/C24H28FNO4/c1-29-21-4-2-3-16(11-21)5-10-24(28)26-14-17-12-22(27)23(13-18(17)15-26)30-20-8-6-19(25)7-9-20/h2-4,6-9,11,17-18,22-23,27H,5,10,12-15H2,1H3/t17-,18+,22+,23+/m0/s1. The van der Waals surface area contributed by atoms with Crippen molar-refractivity contribution in [3.8, 4) is 11.5 Å². The maximum absolute atomic E-state index is 13.1. The lowest BCUT2D eigenvalue weighted by molar-refractivity contribution is -0.130. The number of carbonyl (C=O) groups excluding carboxylic acids is 1. The second-order valence-corrected chi connectivity index (χ2v) is 8.32. The third kappa shape index (κ3) is 4.75. The number of hydrogen-bond acceptors (Lipinski definition) is 4. The van der Waals surface area contributed by atoms with Crippen molar-refractivity contribution >= 4 is 5.91 Å². The van der Waals surface area contributed by atoms with Crippen molar-refractivity contribution in [3.05, 3.63) is 59.9 Å². The van der Waals surface area contributed by atoms with E-state index in [9.17, 15) is 14.3 Å². The van der Waals surface area contributed by atoms with Crippen LogP contribution in [0, 0.1) is 17.7 Å². The summed E-state index contributed by atoms with van der Waals surface area (Å²) in [5.74, 6) is 1.81. The van der Waals surface area contributed by atoms with E-state index in [1.807, 2.05) is 29.2 Å². The van der Waals surface area contributed by atoms with E-state index in [2.05, 4.69) is 0 Å². The number of amides is 1. The molecule has 0 radical (unpaired) electrons. The number of carbonyl (C=O) groups is 1. The predicted molar refractivity (Wildman–Crippen MR) is 111 cm³/mol. The Hall–Kier alpha value is -2.60. The van der Waals surface area contributed by atoms with Crippen molar-refractivity contribution in [1.82, 2.24) is 4.90 Å². The van der Waals surface area contributed by atoms with E-state index in [0.717, 1.165) is 11.3 Å². The first-order valence-electron chi connectivity index (χ1n) is 10.5. The Morgan fingerprint density at radius 3 is 2.57 bits per heavy atom. The molecule has 0 unspecified atom stereocenters. The van der Waals surface area contributed by atoms with Gasteiger partial charge in [0.25, 0.3) is 0 Å². The molecule has 1 saturated carbocycles. The highest BCUT2D eigenvalue weighted by atomic mass is 19.1. The second kappa shape index (κ2) is 9.04. The molecule has 160 valence electrons. The molecule has 1 amide bonds. The van der Waals surface area contributed by atoms with Gasteiger partial charge < -0.3 is 19.5 Å². The zero-order valence-electron chi connectivity index (χ0n) is 17.2. The van der Waals surface area contributed by atoms with Crippen LogP contribution in [0.4, 0.5) is 4.39 Å². The summed E-state index contributed by atoms with van der Waals surface area (Å²) >= 11 is 0. The number of aliphatic hydroxyl groups is 1. The van der Waals surface area contributed by atoms with Crippen LogP contribution < -0.4 is 9.47 Å². The molecule has 30 heavy (non-hydrogen) atoms. The monoisotopic (exact) mass is 413 g/mol. The first kappa shape index (κ1) is 20.7. The molecule has 2 aromatic rings. The predicted octanol–water partition coefficient (Wildman–Crippen LogP) is 3.44. The lowest BCUT2D eigenvalue weighted by atomic mass is 9.78. The molecule has 6 heteroatoms. The van der Waals surface area contributed by atoms with Gasteiger partial charge in [0.1, 0.15) is 23.4 Å². The molecule has 0 spiro atoms. The maximum atomic E-state index is 13.1. The number of rotatable bonds is 6. The number of nitrogens with zero attached hydrogens (tertiary/aromatic N) is 1. The van der Waals surface area contributed by atoms with Gasteiger partial charge in [0, 0.05) is 19.5 Å². The Kier molecular flexibility index (Phi) is 6.23. The molecule has 2 aromatic carbocycles. The van der Waals surface area contributed by atoms with Crippen LogP contribution in [0.25, 0.3) is 0 Å². The Bertz CT molecular complexity index is 872. The van der Waals surface area contributed by atoms with Gasteiger partial charge in [-0.1, -0.05) is 12.1 Å². The summed E-state index contributed by atoms with van der Waals surface area (Å²) in [5, 5.41) is 10.5. The summed E-state index contributed by atoms with van der Waals surface area (Å²) in [6, 6.07) is 13.7. The molecule has 4 atom stereocenters. The molecule has 5 nitrogen and oxygen atoms in total. The maximum Gasteiger partial charge on any atom is 0.222 e. The molecule has 0 aromatic heterocycles. The van der Waals surface area contributed by atoms with Gasteiger partial charge in [-0.2, -0.15) is 0 Å². The van der Waals surface area contributed by atoms with Crippen molar-refractivity contribution in [2.75, 3.05) is 20.2 Å². The number of methoxy groups -OCH3 is 1. The summed E-state index contributed by atoms with van der Waals surface area (Å²) in [6.45, 7) is 1.40. The van der Waals surface area contributed by atoms with Crippen LogP contribution >= 0.6 is 0 Å². The number of aryl methyl sites for hydroxylation is 1. The quantitative estimate of drug-likeness (QED) is 0.788. The fourth-order valence-electron chi connectivity index (χ4n) is 4.65. The Balaban J connectivity index is 1.31. The number of ether oxygens (including phenoxy) is 2. The minimum absolute atomic E-state index is 0.151. The van der Waals surface area contributed by atoms with Gasteiger partial charge in [0.2, 0.25) is 5.91 Å². The smallest absolute Gasteiger partial charge is 0.222 e. The van der Waals surface area contributed by atoms with E-state index in [1.165, 1.54) is 12.1 Å². The van der Waals surface area contributed by atoms with Gasteiger partial charge in [-0.05, 0) is 73.1 Å². The van der Waals surface area contributed by atoms with Crippen LogP contribution in [0.3, 0.4) is 0 Å². The fraction of sp³-hybridized carbons (Fsp3) is 0.458. The first-order valence-corrected chi connectivity index (χ1v) is 10.5. The van der Waals surface area contributed by atoms with Crippen molar-refractivity contribution in [1.29, 1.82) is 0 Å². The van der Waals surface area contributed by atoms with Crippen molar-refractivity contribution in [2.24, 2.45) is 11.8 Å². The van der Waals surface area contributed by atoms with Crippen LogP contribution in [-0.4, -0.2) is 48.3 Å². The van der Waals surface area contributed by atoms with Crippen molar-refractivity contribution < 1.29 is 23.8 Å². The molecular formula is C24H28FNO4. The van der Waals surface area contributed by atoms with E-state index in [1.54, 1.807) is 19.2 Å². The van der Waals surface area contributed by atoms with E-state index < -0.39 is 6.10 Å². The molecule has 2 fully saturated rings. The van der Waals surface area contributed by atoms with E-state index >= 15 is 0 Å².